The third-order valence-electron chi connectivity index (χ3n) is 4.28. The number of rotatable bonds is 7. The molecule has 0 unspecified atom stereocenters. The number of nitrogens with one attached hydrogen (secondary N) is 1. The van der Waals surface area contributed by atoms with Gasteiger partial charge in [0.25, 0.3) is 5.69 Å². The van der Waals surface area contributed by atoms with Crippen molar-refractivity contribution in [2.45, 2.75) is 31.3 Å². The average Bonchev–Trinajstić information content (AvgIpc) is 2.66. The van der Waals surface area contributed by atoms with Crippen LogP contribution in [0, 0.1) is 10.1 Å². The fraction of sp³-hybridized carbons (Fsp3) is 0.368. The summed E-state index contributed by atoms with van der Waals surface area (Å²) in [6, 6.07) is 9.08. The molecular formula is C19H23N3O6S. The molecule has 0 aromatic heterocycles. The number of ether oxygens (including phenoxy) is 2. The number of sulfonamides is 1. The van der Waals surface area contributed by atoms with Gasteiger partial charge in [-0.05, 0) is 43.7 Å². The minimum atomic E-state index is -3.83. The molecule has 9 nitrogen and oxygen atoms in total. The van der Waals surface area contributed by atoms with Gasteiger partial charge in [-0.25, -0.2) is 13.1 Å². The summed E-state index contributed by atoms with van der Waals surface area (Å²) < 4.78 is 38.2. The molecule has 0 saturated heterocycles. The zero-order valence-corrected chi connectivity index (χ0v) is 17.2. The highest BCUT2D eigenvalue weighted by Crippen LogP contribution is 2.34. The highest BCUT2D eigenvalue weighted by Gasteiger charge is 2.24. The molecule has 1 aliphatic heterocycles. The van der Waals surface area contributed by atoms with Gasteiger partial charge in [-0.1, -0.05) is 6.07 Å². The maximum atomic E-state index is 12.4. The third kappa shape index (κ3) is 4.77. The SMILES string of the molecule is CC(C)NS(=O)(=O)c1ccc(N(C)Cc2ccc3c(c2)OCCO3)c([N+](=O)[O-])c1. The molecular weight excluding hydrogens is 398 g/mol. The van der Waals surface area contributed by atoms with E-state index in [0.717, 1.165) is 11.6 Å². The number of nitrogens with zero attached hydrogens (tertiary/aromatic N) is 2. The van der Waals surface area contributed by atoms with Gasteiger partial charge >= 0.3 is 0 Å². The second-order valence-corrected chi connectivity index (χ2v) is 8.73. The van der Waals surface area contributed by atoms with Crippen molar-refractivity contribution >= 4 is 21.4 Å². The van der Waals surface area contributed by atoms with E-state index in [-0.39, 0.29) is 16.6 Å². The molecule has 1 N–H and O–H groups in total. The molecule has 3 rings (SSSR count). The first-order valence-electron chi connectivity index (χ1n) is 9.08. The molecule has 0 bridgehead atoms. The lowest BCUT2D eigenvalue weighted by molar-refractivity contribution is -0.384. The first-order chi connectivity index (χ1) is 13.7. The van der Waals surface area contributed by atoms with Gasteiger partial charge in [0.1, 0.15) is 18.9 Å². The minimum absolute atomic E-state index is 0.144. The van der Waals surface area contributed by atoms with Crippen LogP contribution in [0.2, 0.25) is 0 Å². The zero-order valence-electron chi connectivity index (χ0n) is 16.4. The Morgan fingerprint density at radius 1 is 1.14 bits per heavy atom. The number of hydrogen-bond donors (Lipinski definition) is 1. The van der Waals surface area contributed by atoms with Crippen LogP contribution in [0.25, 0.3) is 0 Å². The van der Waals surface area contributed by atoms with Gasteiger partial charge in [0.15, 0.2) is 11.5 Å². The van der Waals surface area contributed by atoms with E-state index >= 15 is 0 Å². The summed E-state index contributed by atoms with van der Waals surface area (Å²) in [6.45, 7) is 4.70. The van der Waals surface area contributed by atoms with E-state index in [4.69, 9.17) is 9.47 Å². The van der Waals surface area contributed by atoms with Crippen molar-refractivity contribution in [1.29, 1.82) is 0 Å². The summed E-state index contributed by atoms with van der Waals surface area (Å²) in [4.78, 5) is 12.6. The predicted molar refractivity (Wildman–Crippen MR) is 108 cm³/mol. The lowest BCUT2D eigenvalue weighted by Gasteiger charge is -2.22. The van der Waals surface area contributed by atoms with E-state index in [1.165, 1.54) is 12.1 Å². The van der Waals surface area contributed by atoms with Crippen LogP contribution in [0.5, 0.6) is 11.5 Å². The Bertz CT molecular complexity index is 1020. The smallest absolute Gasteiger partial charge is 0.293 e. The zero-order chi connectivity index (χ0) is 21.2. The summed E-state index contributed by atoms with van der Waals surface area (Å²) in [7, 11) is -2.12. The van der Waals surface area contributed by atoms with Gasteiger partial charge in [-0.2, -0.15) is 0 Å². The highest BCUT2D eigenvalue weighted by molar-refractivity contribution is 7.89. The monoisotopic (exact) mass is 421 g/mol. The first kappa shape index (κ1) is 20.9. The molecule has 0 saturated carbocycles. The second-order valence-electron chi connectivity index (χ2n) is 7.02. The number of nitro groups is 1. The lowest BCUT2D eigenvalue weighted by atomic mass is 10.1. The minimum Gasteiger partial charge on any atom is -0.486 e. The van der Waals surface area contributed by atoms with Crippen LogP contribution in [-0.4, -0.2) is 39.6 Å². The molecule has 0 radical (unpaired) electrons. The molecule has 2 aromatic carbocycles. The maximum Gasteiger partial charge on any atom is 0.293 e. The fourth-order valence-corrected chi connectivity index (χ4v) is 4.33. The molecule has 29 heavy (non-hydrogen) atoms. The van der Waals surface area contributed by atoms with Crippen LogP contribution < -0.4 is 19.1 Å². The van der Waals surface area contributed by atoms with Gasteiger partial charge in [-0.3, -0.25) is 10.1 Å². The van der Waals surface area contributed by atoms with E-state index in [9.17, 15) is 18.5 Å². The summed E-state index contributed by atoms with van der Waals surface area (Å²) in [5.41, 5.74) is 0.911. The number of benzene rings is 2. The summed E-state index contributed by atoms with van der Waals surface area (Å²) in [5.74, 6) is 1.30. The summed E-state index contributed by atoms with van der Waals surface area (Å²) >= 11 is 0. The van der Waals surface area contributed by atoms with Crippen LogP contribution >= 0.6 is 0 Å². The van der Waals surface area contributed by atoms with E-state index < -0.39 is 14.9 Å². The fourth-order valence-electron chi connectivity index (χ4n) is 3.06. The molecule has 0 aliphatic carbocycles. The Kier molecular flexibility index (Phi) is 5.94. The van der Waals surface area contributed by atoms with Crippen molar-refractivity contribution in [3.63, 3.8) is 0 Å². The molecule has 2 aromatic rings. The molecule has 0 fully saturated rings. The predicted octanol–water partition coefficient (Wildman–Crippen LogP) is 2.69. The molecule has 156 valence electrons. The number of fused-ring (bicyclic) bond motifs is 1. The van der Waals surface area contributed by atoms with Crippen molar-refractivity contribution in [1.82, 2.24) is 4.72 Å². The van der Waals surface area contributed by atoms with E-state index in [1.807, 2.05) is 12.1 Å². The normalized spacial score (nSPS) is 13.4. The highest BCUT2D eigenvalue weighted by atomic mass is 32.2. The standard InChI is InChI=1S/C19H23N3O6S/c1-13(2)20-29(25,26)15-5-6-16(17(11-15)22(23)24)21(3)12-14-4-7-18-19(10-14)28-9-8-27-18/h4-7,10-11,13,20H,8-9,12H2,1-3H3. The topological polar surface area (TPSA) is 111 Å². The Labute approximate surface area is 169 Å². The van der Waals surface area contributed by atoms with Crippen LogP contribution in [0.15, 0.2) is 41.3 Å². The quantitative estimate of drug-likeness (QED) is 0.540. The molecule has 0 atom stereocenters. The van der Waals surface area contributed by atoms with Gasteiger partial charge < -0.3 is 14.4 Å². The number of hydrogen-bond acceptors (Lipinski definition) is 7. The lowest BCUT2D eigenvalue weighted by Crippen LogP contribution is -2.30. The van der Waals surface area contributed by atoms with Crippen LogP contribution in [0.4, 0.5) is 11.4 Å². The van der Waals surface area contributed by atoms with Crippen molar-refractivity contribution in [3.05, 3.63) is 52.1 Å². The van der Waals surface area contributed by atoms with Crippen molar-refractivity contribution in [3.8, 4) is 11.5 Å². The Morgan fingerprint density at radius 3 is 2.48 bits per heavy atom. The van der Waals surface area contributed by atoms with Gasteiger partial charge in [0, 0.05) is 25.7 Å². The third-order valence-corrected chi connectivity index (χ3v) is 5.94. The molecule has 1 heterocycles. The van der Waals surface area contributed by atoms with Gasteiger partial charge in [0.2, 0.25) is 10.0 Å². The van der Waals surface area contributed by atoms with Gasteiger partial charge in [0.05, 0.1) is 9.82 Å². The number of anilines is 1. The van der Waals surface area contributed by atoms with Crippen molar-refractivity contribution < 1.29 is 22.8 Å². The van der Waals surface area contributed by atoms with Crippen molar-refractivity contribution in [2.24, 2.45) is 0 Å². The van der Waals surface area contributed by atoms with E-state index in [2.05, 4.69) is 4.72 Å². The summed E-state index contributed by atoms with van der Waals surface area (Å²) in [6.07, 6.45) is 0. The molecule has 10 heteroatoms. The Hall–Kier alpha value is -2.85. The Balaban J connectivity index is 1.88. The largest absolute Gasteiger partial charge is 0.486 e. The molecule has 0 amide bonds. The van der Waals surface area contributed by atoms with Crippen molar-refractivity contribution in [2.75, 3.05) is 25.2 Å². The average molecular weight is 421 g/mol. The first-order valence-corrected chi connectivity index (χ1v) is 10.6. The molecule has 0 spiro atoms. The van der Waals surface area contributed by atoms with Crippen LogP contribution in [-0.2, 0) is 16.6 Å². The van der Waals surface area contributed by atoms with Crippen LogP contribution in [0.1, 0.15) is 19.4 Å². The molecule has 1 aliphatic rings. The van der Waals surface area contributed by atoms with Gasteiger partial charge in [-0.15, -0.1) is 0 Å². The maximum absolute atomic E-state index is 12.4. The Morgan fingerprint density at radius 2 is 1.83 bits per heavy atom. The second kappa shape index (κ2) is 8.26. The van der Waals surface area contributed by atoms with E-state index in [1.54, 1.807) is 31.9 Å². The van der Waals surface area contributed by atoms with Crippen LogP contribution in [0.3, 0.4) is 0 Å². The number of nitro benzene ring substituents is 1. The summed E-state index contributed by atoms with van der Waals surface area (Å²) in [5, 5.41) is 11.6. The van der Waals surface area contributed by atoms with E-state index in [0.29, 0.717) is 36.9 Å².